The SMILES string of the molecule is COc1nc(NCC(C)C)c(C#N)c(-c2ccccc2F)c1C#N. The van der Waals surface area contributed by atoms with Gasteiger partial charge < -0.3 is 10.1 Å². The molecule has 2 rings (SSSR count). The van der Waals surface area contributed by atoms with E-state index < -0.39 is 5.82 Å². The molecule has 0 spiro atoms. The van der Waals surface area contributed by atoms with Crippen molar-refractivity contribution in [3.05, 3.63) is 41.2 Å². The summed E-state index contributed by atoms with van der Waals surface area (Å²) >= 11 is 0. The minimum Gasteiger partial charge on any atom is -0.480 e. The van der Waals surface area contributed by atoms with Crippen molar-refractivity contribution in [3.8, 4) is 29.1 Å². The molecule has 0 bridgehead atoms. The zero-order valence-corrected chi connectivity index (χ0v) is 13.7. The third-order valence-corrected chi connectivity index (χ3v) is 3.40. The summed E-state index contributed by atoms with van der Waals surface area (Å²) in [4.78, 5) is 4.22. The molecule has 0 unspecified atom stereocenters. The van der Waals surface area contributed by atoms with Crippen molar-refractivity contribution in [1.82, 2.24) is 4.98 Å². The van der Waals surface area contributed by atoms with Gasteiger partial charge in [0.15, 0.2) is 0 Å². The molecule has 0 fully saturated rings. The number of halogens is 1. The number of hydrogen-bond acceptors (Lipinski definition) is 5. The van der Waals surface area contributed by atoms with Crippen molar-refractivity contribution in [2.24, 2.45) is 5.92 Å². The van der Waals surface area contributed by atoms with E-state index in [4.69, 9.17) is 4.74 Å². The van der Waals surface area contributed by atoms with Crippen LogP contribution in [0.1, 0.15) is 25.0 Å². The van der Waals surface area contributed by atoms with Crippen molar-refractivity contribution in [2.45, 2.75) is 13.8 Å². The summed E-state index contributed by atoms with van der Waals surface area (Å²) in [5, 5.41) is 22.2. The summed E-state index contributed by atoms with van der Waals surface area (Å²) in [7, 11) is 1.38. The van der Waals surface area contributed by atoms with E-state index in [1.165, 1.54) is 19.2 Å². The van der Waals surface area contributed by atoms with Crippen LogP contribution in [0.5, 0.6) is 5.88 Å². The van der Waals surface area contributed by atoms with Gasteiger partial charge >= 0.3 is 0 Å². The number of nitriles is 2. The van der Waals surface area contributed by atoms with E-state index in [0.29, 0.717) is 12.5 Å². The fourth-order valence-corrected chi connectivity index (χ4v) is 2.29. The van der Waals surface area contributed by atoms with Crippen LogP contribution in [0.3, 0.4) is 0 Å². The molecule has 24 heavy (non-hydrogen) atoms. The number of rotatable bonds is 5. The van der Waals surface area contributed by atoms with Crippen molar-refractivity contribution in [3.63, 3.8) is 0 Å². The summed E-state index contributed by atoms with van der Waals surface area (Å²) in [6.45, 7) is 4.60. The molecule has 122 valence electrons. The molecule has 1 heterocycles. The van der Waals surface area contributed by atoms with Crippen LogP contribution in [-0.4, -0.2) is 18.6 Å². The van der Waals surface area contributed by atoms with Gasteiger partial charge in [-0.2, -0.15) is 15.5 Å². The van der Waals surface area contributed by atoms with Crippen LogP contribution in [0, 0.1) is 34.4 Å². The van der Waals surface area contributed by atoms with Crippen molar-refractivity contribution in [2.75, 3.05) is 19.0 Å². The normalized spacial score (nSPS) is 10.1. The molecule has 2 aromatic rings. The van der Waals surface area contributed by atoms with E-state index in [2.05, 4.69) is 10.3 Å². The van der Waals surface area contributed by atoms with Gasteiger partial charge in [-0.1, -0.05) is 32.0 Å². The van der Waals surface area contributed by atoms with Gasteiger partial charge in [0.1, 0.15) is 34.9 Å². The lowest BCUT2D eigenvalue weighted by molar-refractivity contribution is 0.397. The van der Waals surface area contributed by atoms with E-state index in [-0.39, 0.29) is 34.0 Å². The molecular weight excluding hydrogens is 307 g/mol. The quantitative estimate of drug-likeness (QED) is 0.906. The molecule has 0 saturated carbocycles. The molecule has 0 aliphatic carbocycles. The molecule has 0 atom stereocenters. The Kier molecular flexibility index (Phi) is 5.34. The van der Waals surface area contributed by atoms with Crippen molar-refractivity contribution < 1.29 is 9.13 Å². The predicted molar refractivity (Wildman–Crippen MR) is 88.9 cm³/mol. The molecule has 1 aromatic heterocycles. The molecule has 0 amide bonds. The Bertz CT molecular complexity index is 834. The van der Waals surface area contributed by atoms with E-state index in [1.54, 1.807) is 12.1 Å². The van der Waals surface area contributed by atoms with Crippen LogP contribution in [0.2, 0.25) is 0 Å². The molecule has 0 aliphatic heterocycles. The fraction of sp³-hybridized carbons (Fsp3) is 0.278. The minimum atomic E-state index is -0.520. The molecule has 0 radical (unpaired) electrons. The lowest BCUT2D eigenvalue weighted by Crippen LogP contribution is -2.12. The maximum Gasteiger partial charge on any atom is 0.234 e. The highest BCUT2D eigenvalue weighted by atomic mass is 19.1. The number of pyridine rings is 1. The lowest BCUT2D eigenvalue weighted by Gasteiger charge is -2.16. The van der Waals surface area contributed by atoms with Gasteiger partial charge in [-0.25, -0.2) is 4.39 Å². The first-order valence-corrected chi connectivity index (χ1v) is 7.44. The van der Waals surface area contributed by atoms with Gasteiger partial charge in [-0.15, -0.1) is 0 Å². The number of ether oxygens (including phenoxy) is 1. The first-order chi connectivity index (χ1) is 11.5. The standard InChI is InChI=1S/C18H17FN4O/c1-11(2)10-22-17-13(8-20)16(12-6-4-5-7-15(12)19)14(9-21)18(23-17)24-3/h4-7,11H,10H2,1-3H3,(H,22,23). The third-order valence-electron chi connectivity index (χ3n) is 3.40. The van der Waals surface area contributed by atoms with Crippen molar-refractivity contribution in [1.29, 1.82) is 10.5 Å². The van der Waals surface area contributed by atoms with Crippen LogP contribution < -0.4 is 10.1 Å². The average molecular weight is 324 g/mol. The highest BCUT2D eigenvalue weighted by molar-refractivity contribution is 5.83. The zero-order valence-electron chi connectivity index (χ0n) is 13.7. The second-order valence-electron chi connectivity index (χ2n) is 5.57. The second kappa shape index (κ2) is 7.43. The largest absolute Gasteiger partial charge is 0.480 e. The van der Waals surface area contributed by atoms with Gasteiger partial charge in [0.2, 0.25) is 5.88 Å². The Hall–Kier alpha value is -3.12. The van der Waals surface area contributed by atoms with Gasteiger partial charge in [-0.3, -0.25) is 0 Å². The van der Waals surface area contributed by atoms with Gasteiger partial charge in [0.25, 0.3) is 0 Å². The zero-order chi connectivity index (χ0) is 17.7. The van der Waals surface area contributed by atoms with E-state index in [1.807, 2.05) is 26.0 Å². The molecule has 1 N–H and O–H groups in total. The highest BCUT2D eigenvalue weighted by Gasteiger charge is 2.23. The summed E-state index contributed by atoms with van der Waals surface area (Å²) in [5.74, 6) is 0.131. The Labute approximate surface area is 140 Å². The summed E-state index contributed by atoms with van der Waals surface area (Å²) < 4.78 is 19.5. The fourth-order valence-electron chi connectivity index (χ4n) is 2.29. The molecule has 6 heteroatoms. The number of nitrogens with one attached hydrogen (secondary N) is 1. The maximum atomic E-state index is 14.3. The number of methoxy groups -OCH3 is 1. The molecule has 1 aromatic carbocycles. The van der Waals surface area contributed by atoms with Crippen LogP contribution in [0.15, 0.2) is 24.3 Å². The highest BCUT2D eigenvalue weighted by Crippen LogP contribution is 2.37. The third kappa shape index (κ3) is 3.28. The van der Waals surface area contributed by atoms with E-state index >= 15 is 0 Å². The van der Waals surface area contributed by atoms with E-state index in [9.17, 15) is 14.9 Å². The molecule has 0 saturated heterocycles. The smallest absolute Gasteiger partial charge is 0.234 e. The van der Waals surface area contributed by atoms with Gasteiger partial charge in [0.05, 0.1) is 7.11 Å². The number of benzene rings is 1. The van der Waals surface area contributed by atoms with E-state index in [0.717, 1.165) is 0 Å². The minimum absolute atomic E-state index is 0.0363. The van der Waals surface area contributed by atoms with Gasteiger partial charge in [0, 0.05) is 17.7 Å². The van der Waals surface area contributed by atoms with Crippen LogP contribution >= 0.6 is 0 Å². The first kappa shape index (κ1) is 17.2. The second-order valence-corrected chi connectivity index (χ2v) is 5.57. The van der Waals surface area contributed by atoms with Crippen LogP contribution in [0.25, 0.3) is 11.1 Å². The Morgan fingerprint density at radius 3 is 2.42 bits per heavy atom. The molecule has 0 aliphatic rings. The van der Waals surface area contributed by atoms with Crippen LogP contribution in [0.4, 0.5) is 10.2 Å². The Morgan fingerprint density at radius 2 is 1.88 bits per heavy atom. The average Bonchev–Trinajstić information content (AvgIpc) is 2.58. The molecular formula is C18H17FN4O. The lowest BCUT2D eigenvalue weighted by atomic mass is 9.96. The first-order valence-electron chi connectivity index (χ1n) is 7.44. The Morgan fingerprint density at radius 1 is 1.21 bits per heavy atom. The van der Waals surface area contributed by atoms with Crippen molar-refractivity contribution >= 4 is 5.82 Å². The molecule has 5 nitrogen and oxygen atoms in total. The van der Waals surface area contributed by atoms with Crippen LogP contribution in [-0.2, 0) is 0 Å². The number of nitrogens with zero attached hydrogens (tertiary/aromatic N) is 3. The predicted octanol–water partition coefficient (Wildman–Crippen LogP) is 3.71. The maximum absolute atomic E-state index is 14.3. The van der Waals surface area contributed by atoms with Gasteiger partial charge in [-0.05, 0) is 12.0 Å². The summed E-state index contributed by atoms with van der Waals surface area (Å²) in [6, 6.07) is 10.0. The monoisotopic (exact) mass is 324 g/mol. The Balaban J connectivity index is 2.80. The number of aromatic nitrogens is 1. The number of hydrogen-bond donors (Lipinski definition) is 1. The summed E-state index contributed by atoms with van der Waals surface area (Å²) in [5.41, 5.74) is 0.516. The summed E-state index contributed by atoms with van der Waals surface area (Å²) in [6.07, 6.45) is 0. The topological polar surface area (TPSA) is 81.7 Å². The number of anilines is 1.